The standard InChI is InChI=1S/C25H23F3IN5O/c1-29-22-21(23(30)34-29)19(13-20(33-22)15-4-2-5-15)14-8-10-17(11-9-14)31-24(35)32-18-7-3-6-16(12-18)25(26,27)28/h3,6-13,15H,2,4-5H2,1H3,(H2,30,34)(H2,31,32,35). The van der Waals surface area contributed by atoms with E-state index in [1.54, 1.807) is 12.1 Å². The van der Waals surface area contributed by atoms with E-state index < -0.39 is 37.9 Å². The van der Waals surface area contributed by atoms with Crippen molar-refractivity contribution in [3.05, 3.63) is 75.1 Å². The minimum atomic E-state index is -4.48. The van der Waals surface area contributed by atoms with E-state index in [1.165, 1.54) is 18.6 Å². The van der Waals surface area contributed by atoms with Gasteiger partial charge in [-0.25, -0.2) is 0 Å². The Bertz CT molecular complexity index is 1320. The van der Waals surface area contributed by atoms with Crippen LogP contribution < -0.4 is 16.4 Å². The molecule has 1 saturated carbocycles. The SMILES string of the molecule is CI1N=C(N)c2c(-c3ccc(NC(=O)Nc4cccc(C(F)(F)F)c4)cc3)cc(C3CCC3)nc21. The number of carbonyl (C=O) groups is 1. The molecule has 0 unspecified atom stereocenters. The van der Waals surface area contributed by atoms with Gasteiger partial charge in [-0.2, -0.15) is 13.2 Å². The van der Waals surface area contributed by atoms with Gasteiger partial charge in [-0.05, 0) is 6.07 Å². The Morgan fingerprint density at radius 3 is 2.43 bits per heavy atom. The van der Waals surface area contributed by atoms with E-state index in [0.29, 0.717) is 17.4 Å². The van der Waals surface area contributed by atoms with Crippen LogP contribution in [0.25, 0.3) is 11.1 Å². The first-order valence-electron chi connectivity index (χ1n) is 11.0. The fourth-order valence-electron chi connectivity index (χ4n) is 4.13. The second kappa shape index (κ2) is 9.14. The first kappa shape index (κ1) is 23.6. The second-order valence-corrected chi connectivity index (χ2v) is 12.6. The molecule has 5 rings (SSSR count). The number of hydrogen-bond donors (Lipinski definition) is 3. The van der Waals surface area contributed by atoms with E-state index in [0.717, 1.165) is 51.1 Å². The van der Waals surface area contributed by atoms with Gasteiger partial charge in [-0.1, -0.05) is 6.07 Å². The van der Waals surface area contributed by atoms with Gasteiger partial charge in [0.05, 0.1) is 5.56 Å². The number of carbonyl (C=O) groups excluding carboxylic acids is 1. The molecule has 1 fully saturated rings. The number of anilines is 2. The van der Waals surface area contributed by atoms with Crippen LogP contribution in [0.3, 0.4) is 0 Å². The van der Waals surface area contributed by atoms with Crippen molar-refractivity contribution in [1.29, 1.82) is 0 Å². The number of nitrogens with zero attached hydrogens (tertiary/aromatic N) is 2. The fourth-order valence-corrected chi connectivity index (χ4v) is 7.36. The number of fused-ring (bicyclic) bond motifs is 1. The quantitative estimate of drug-likeness (QED) is 0.181. The minimum absolute atomic E-state index is 0.0541. The van der Waals surface area contributed by atoms with Crippen molar-refractivity contribution in [3.8, 4) is 11.1 Å². The van der Waals surface area contributed by atoms with Crippen molar-refractivity contribution < 1.29 is 18.0 Å². The molecule has 6 nitrogen and oxygen atoms in total. The Labute approximate surface area is 208 Å². The number of rotatable bonds is 4. The van der Waals surface area contributed by atoms with Gasteiger partial charge in [-0.15, -0.1) is 0 Å². The first-order chi connectivity index (χ1) is 16.7. The van der Waals surface area contributed by atoms with Crippen molar-refractivity contribution in [1.82, 2.24) is 4.98 Å². The molecule has 4 N–H and O–H groups in total. The van der Waals surface area contributed by atoms with E-state index in [4.69, 9.17) is 10.7 Å². The first-order valence-corrected chi connectivity index (χ1v) is 15.2. The van der Waals surface area contributed by atoms with E-state index in [-0.39, 0.29) is 5.69 Å². The van der Waals surface area contributed by atoms with Crippen LogP contribution in [0.1, 0.15) is 42.0 Å². The molecule has 2 aromatic carbocycles. The number of aromatic nitrogens is 1. The van der Waals surface area contributed by atoms with Crippen LogP contribution in [0.5, 0.6) is 0 Å². The van der Waals surface area contributed by atoms with Gasteiger partial charge >= 0.3 is 178 Å². The van der Waals surface area contributed by atoms with E-state index >= 15 is 0 Å². The summed E-state index contributed by atoms with van der Waals surface area (Å²) >= 11 is -1.76. The van der Waals surface area contributed by atoms with Crippen LogP contribution >= 0.6 is 20.1 Å². The summed E-state index contributed by atoms with van der Waals surface area (Å²) in [5.41, 5.74) is 9.96. The number of nitrogens with two attached hydrogens (primary N) is 1. The van der Waals surface area contributed by atoms with Crippen molar-refractivity contribution in [3.63, 3.8) is 0 Å². The van der Waals surface area contributed by atoms with Crippen LogP contribution in [0.2, 0.25) is 0 Å². The zero-order valence-electron chi connectivity index (χ0n) is 18.8. The topological polar surface area (TPSA) is 92.4 Å². The fraction of sp³-hybridized carbons (Fsp3) is 0.240. The maximum atomic E-state index is 12.9. The van der Waals surface area contributed by atoms with Crippen molar-refractivity contribution in [2.24, 2.45) is 8.94 Å². The molecule has 182 valence electrons. The normalized spacial score (nSPS) is 16.3. The molecule has 3 aromatic rings. The number of benzene rings is 2. The summed E-state index contributed by atoms with van der Waals surface area (Å²) < 4.78 is 44.4. The van der Waals surface area contributed by atoms with Crippen molar-refractivity contribution in [2.45, 2.75) is 31.4 Å². The summed E-state index contributed by atoms with van der Waals surface area (Å²) in [6, 6.07) is 13.3. The predicted molar refractivity (Wildman–Crippen MR) is 140 cm³/mol. The summed E-state index contributed by atoms with van der Waals surface area (Å²) in [5.74, 6) is 1.02. The zero-order valence-corrected chi connectivity index (χ0v) is 20.9. The van der Waals surface area contributed by atoms with Gasteiger partial charge in [0.25, 0.3) is 0 Å². The molecular weight excluding hydrogens is 570 g/mol. The molecule has 0 radical (unpaired) electrons. The third-order valence-electron chi connectivity index (χ3n) is 6.15. The van der Waals surface area contributed by atoms with E-state index in [9.17, 15) is 18.0 Å². The molecule has 2 aliphatic rings. The van der Waals surface area contributed by atoms with Crippen LogP contribution in [-0.4, -0.2) is 21.8 Å². The molecule has 2 heterocycles. The molecule has 0 bridgehead atoms. The van der Waals surface area contributed by atoms with Gasteiger partial charge in [0.15, 0.2) is 0 Å². The molecule has 0 saturated heterocycles. The molecular formula is C25H23F3IN5O. The Hall–Kier alpha value is -3.15. The van der Waals surface area contributed by atoms with Gasteiger partial charge in [-0.3, -0.25) is 0 Å². The van der Waals surface area contributed by atoms with Crippen LogP contribution in [0, 0.1) is 3.70 Å². The Kier molecular flexibility index (Phi) is 6.16. The van der Waals surface area contributed by atoms with Crippen molar-refractivity contribution >= 4 is 43.3 Å². The maximum absolute atomic E-state index is 12.9. The number of halogens is 4. The molecule has 0 spiro atoms. The number of alkyl halides is 4. The van der Waals surface area contributed by atoms with Crippen LogP contribution in [0.15, 0.2) is 57.8 Å². The summed E-state index contributed by atoms with van der Waals surface area (Å²) in [4.78, 5) is 19.4. The van der Waals surface area contributed by atoms with Crippen LogP contribution in [0.4, 0.5) is 29.3 Å². The number of nitrogens with one attached hydrogen (secondary N) is 2. The van der Waals surface area contributed by atoms with Gasteiger partial charge < -0.3 is 0 Å². The second-order valence-electron chi connectivity index (χ2n) is 8.54. The molecule has 0 atom stereocenters. The molecule has 1 aliphatic carbocycles. The number of amidine groups is 1. The van der Waals surface area contributed by atoms with Gasteiger partial charge in [0.1, 0.15) is 0 Å². The van der Waals surface area contributed by atoms with Crippen LogP contribution in [-0.2, 0) is 6.18 Å². The van der Waals surface area contributed by atoms with Gasteiger partial charge in [0, 0.05) is 0 Å². The summed E-state index contributed by atoms with van der Waals surface area (Å²) in [5, 5.41) is 5.10. The molecule has 1 aromatic heterocycles. The average Bonchev–Trinajstić information content (AvgIpc) is 3.05. The predicted octanol–water partition coefficient (Wildman–Crippen LogP) is 6.62. The molecule has 10 heteroatoms. The number of hydrogen-bond acceptors (Lipinski definition) is 4. The number of pyridine rings is 1. The average molecular weight is 593 g/mol. The third kappa shape index (κ3) is 4.84. The molecule has 1 aliphatic heterocycles. The molecule has 2 amide bonds. The zero-order chi connectivity index (χ0) is 24.7. The summed E-state index contributed by atoms with van der Waals surface area (Å²) in [6.07, 6.45) is -0.980. The number of amides is 2. The molecule has 35 heavy (non-hydrogen) atoms. The Morgan fingerprint density at radius 2 is 1.77 bits per heavy atom. The summed E-state index contributed by atoms with van der Waals surface area (Å²) in [6.45, 7) is 0. The monoisotopic (exact) mass is 593 g/mol. The Balaban J connectivity index is 1.35. The third-order valence-corrected chi connectivity index (χ3v) is 9.66. The summed E-state index contributed by atoms with van der Waals surface area (Å²) in [7, 11) is 0. The number of urea groups is 1. The van der Waals surface area contributed by atoms with E-state index in [1.807, 2.05) is 12.1 Å². The van der Waals surface area contributed by atoms with Crippen molar-refractivity contribution in [2.75, 3.05) is 15.6 Å². The Morgan fingerprint density at radius 1 is 1.06 bits per heavy atom. The van der Waals surface area contributed by atoms with E-state index in [2.05, 4.69) is 24.8 Å². The van der Waals surface area contributed by atoms with Gasteiger partial charge in [0.2, 0.25) is 0 Å².